The summed E-state index contributed by atoms with van der Waals surface area (Å²) < 4.78 is 4.78. The van der Waals surface area contributed by atoms with Crippen LogP contribution >= 0.6 is 0 Å². The van der Waals surface area contributed by atoms with Gasteiger partial charge in [0.2, 0.25) is 5.91 Å². The number of rotatable bonds is 7. The van der Waals surface area contributed by atoms with E-state index >= 15 is 0 Å². The van der Waals surface area contributed by atoms with Gasteiger partial charge in [-0.15, -0.1) is 0 Å². The van der Waals surface area contributed by atoms with E-state index in [9.17, 15) is 19.7 Å². The van der Waals surface area contributed by atoms with Crippen LogP contribution in [-0.4, -0.2) is 51.9 Å². The molecule has 1 aromatic carbocycles. The van der Waals surface area contributed by atoms with Crippen LogP contribution in [0.5, 0.6) is 0 Å². The Bertz CT molecular complexity index is 799. The second kappa shape index (κ2) is 8.56. The number of methoxy groups -OCH3 is 1. The number of carbonyl (C=O) groups excluding carboxylic acids is 2. The number of aromatic nitrogens is 2. The van der Waals surface area contributed by atoms with Crippen LogP contribution in [0.25, 0.3) is 6.08 Å². The summed E-state index contributed by atoms with van der Waals surface area (Å²) in [4.78, 5) is 42.6. The van der Waals surface area contributed by atoms with E-state index in [2.05, 4.69) is 9.97 Å². The Morgan fingerprint density at radius 3 is 2.62 bits per heavy atom. The second-order valence-electron chi connectivity index (χ2n) is 5.45. The number of imidazole rings is 1. The molecule has 9 heteroatoms. The lowest BCUT2D eigenvalue weighted by atomic mass is 10.1. The number of nitro groups is 1. The fraction of sp³-hybridized carbons (Fsp3) is 0.235. The largest absolute Gasteiger partial charge is 0.467 e. The van der Waals surface area contributed by atoms with Gasteiger partial charge in [0.1, 0.15) is 6.04 Å². The van der Waals surface area contributed by atoms with Gasteiger partial charge in [-0.3, -0.25) is 14.9 Å². The lowest BCUT2D eigenvalue weighted by Crippen LogP contribution is -2.43. The third-order valence-corrected chi connectivity index (χ3v) is 3.78. The molecule has 0 radical (unpaired) electrons. The highest BCUT2D eigenvalue weighted by atomic mass is 16.6. The first-order chi connectivity index (χ1) is 12.4. The summed E-state index contributed by atoms with van der Waals surface area (Å²) in [6.07, 6.45) is 6.11. The summed E-state index contributed by atoms with van der Waals surface area (Å²) in [6.45, 7) is 0. The van der Waals surface area contributed by atoms with Gasteiger partial charge in [-0.1, -0.05) is 0 Å². The minimum absolute atomic E-state index is 0.0316. The number of hydrogen-bond donors (Lipinski definition) is 1. The molecule has 0 bridgehead atoms. The SMILES string of the molecule is COC(=O)[C@H](Cc1cnc[nH]1)N(C)C(=O)C=Cc1ccc([N+](=O)[O-])cc1. The summed E-state index contributed by atoms with van der Waals surface area (Å²) in [7, 11) is 2.76. The van der Waals surface area contributed by atoms with E-state index in [4.69, 9.17) is 4.74 Å². The van der Waals surface area contributed by atoms with Crippen LogP contribution in [0.2, 0.25) is 0 Å². The topological polar surface area (TPSA) is 118 Å². The van der Waals surface area contributed by atoms with E-state index in [0.29, 0.717) is 11.3 Å². The van der Waals surface area contributed by atoms with Crippen molar-refractivity contribution < 1.29 is 19.2 Å². The van der Waals surface area contributed by atoms with Gasteiger partial charge < -0.3 is 14.6 Å². The number of likely N-dealkylation sites (N-methyl/N-ethyl adjacent to an activating group) is 1. The van der Waals surface area contributed by atoms with E-state index in [0.717, 1.165) is 0 Å². The molecule has 0 fully saturated rings. The molecule has 1 amide bonds. The average molecular weight is 358 g/mol. The Kier molecular flexibility index (Phi) is 6.20. The second-order valence-corrected chi connectivity index (χ2v) is 5.45. The number of non-ortho nitro benzene ring substituents is 1. The highest BCUT2D eigenvalue weighted by molar-refractivity contribution is 5.94. The number of aromatic amines is 1. The van der Waals surface area contributed by atoms with Crippen LogP contribution in [0.1, 0.15) is 11.3 Å². The number of carbonyl (C=O) groups is 2. The molecular formula is C17H18N4O5. The summed E-state index contributed by atoms with van der Waals surface area (Å²) in [5, 5.41) is 10.6. The smallest absolute Gasteiger partial charge is 0.328 e. The number of nitrogens with zero attached hydrogens (tertiary/aromatic N) is 3. The highest BCUT2D eigenvalue weighted by Crippen LogP contribution is 2.13. The van der Waals surface area contributed by atoms with Gasteiger partial charge in [0.25, 0.3) is 5.69 Å². The van der Waals surface area contributed by atoms with Crippen LogP contribution < -0.4 is 0 Å². The average Bonchev–Trinajstić information content (AvgIpc) is 3.16. The van der Waals surface area contributed by atoms with Crippen molar-refractivity contribution in [3.63, 3.8) is 0 Å². The first-order valence-electron chi connectivity index (χ1n) is 7.66. The van der Waals surface area contributed by atoms with Crippen LogP contribution in [0.15, 0.2) is 42.9 Å². The molecule has 26 heavy (non-hydrogen) atoms. The number of nitrogens with one attached hydrogen (secondary N) is 1. The molecule has 1 heterocycles. The molecule has 0 spiro atoms. The molecule has 0 aliphatic heterocycles. The summed E-state index contributed by atoms with van der Waals surface area (Å²) in [5.74, 6) is -0.947. The third kappa shape index (κ3) is 4.76. The summed E-state index contributed by atoms with van der Waals surface area (Å²) in [6, 6.07) is 4.95. The van der Waals surface area contributed by atoms with Crippen LogP contribution in [0.3, 0.4) is 0 Å². The number of esters is 1. The number of hydrogen-bond acceptors (Lipinski definition) is 6. The maximum Gasteiger partial charge on any atom is 0.328 e. The normalized spacial score (nSPS) is 11.9. The van der Waals surface area contributed by atoms with Crippen molar-refractivity contribution in [2.75, 3.05) is 14.2 Å². The molecule has 1 atom stereocenters. The van der Waals surface area contributed by atoms with E-state index in [1.165, 1.54) is 61.8 Å². The Morgan fingerprint density at radius 1 is 1.38 bits per heavy atom. The first-order valence-corrected chi connectivity index (χ1v) is 7.66. The van der Waals surface area contributed by atoms with Crippen molar-refractivity contribution in [3.05, 3.63) is 64.2 Å². The molecule has 9 nitrogen and oxygen atoms in total. The lowest BCUT2D eigenvalue weighted by Gasteiger charge is -2.24. The van der Waals surface area contributed by atoms with Gasteiger partial charge in [-0.05, 0) is 23.8 Å². The number of amides is 1. The molecule has 0 unspecified atom stereocenters. The zero-order chi connectivity index (χ0) is 19.1. The quantitative estimate of drug-likeness (QED) is 0.347. The third-order valence-electron chi connectivity index (χ3n) is 3.78. The first kappa shape index (κ1) is 18.8. The predicted octanol–water partition coefficient (Wildman–Crippen LogP) is 1.57. The molecule has 2 rings (SSSR count). The van der Waals surface area contributed by atoms with Gasteiger partial charge in [0, 0.05) is 43.6 Å². The Hall–Kier alpha value is -3.49. The molecule has 0 aliphatic carbocycles. The van der Waals surface area contributed by atoms with Crippen LogP contribution in [-0.2, 0) is 20.7 Å². The van der Waals surface area contributed by atoms with Crippen molar-refractivity contribution in [2.45, 2.75) is 12.5 Å². The van der Waals surface area contributed by atoms with Gasteiger partial charge in [-0.25, -0.2) is 9.78 Å². The Labute approximate surface area is 149 Å². The highest BCUT2D eigenvalue weighted by Gasteiger charge is 2.27. The molecule has 136 valence electrons. The van der Waals surface area contributed by atoms with Crippen molar-refractivity contribution in [1.29, 1.82) is 0 Å². The fourth-order valence-electron chi connectivity index (χ4n) is 2.26. The van der Waals surface area contributed by atoms with Crippen LogP contribution in [0.4, 0.5) is 5.69 Å². The lowest BCUT2D eigenvalue weighted by molar-refractivity contribution is -0.384. The van der Waals surface area contributed by atoms with Crippen molar-refractivity contribution in [3.8, 4) is 0 Å². The molecule has 0 saturated heterocycles. The van der Waals surface area contributed by atoms with Gasteiger partial charge in [0.15, 0.2) is 0 Å². The molecule has 2 aromatic rings. The standard InChI is InChI=1S/C17H18N4O5/c1-20(15(17(23)26-2)9-13-10-18-11-19-13)16(22)8-5-12-3-6-14(7-4-12)21(24)25/h3-8,10-11,15H,9H2,1-2H3,(H,18,19)/t15-/m0/s1. The monoisotopic (exact) mass is 358 g/mol. The number of H-pyrrole nitrogens is 1. The summed E-state index contributed by atoms with van der Waals surface area (Å²) in [5.41, 5.74) is 1.29. The molecule has 1 aromatic heterocycles. The van der Waals surface area contributed by atoms with Crippen molar-refractivity contribution >= 4 is 23.6 Å². The van der Waals surface area contributed by atoms with E-state index < -0.39 is 22.8 Å². The molecular weight excluding hydrogens is 340 g/mol. The zero-order valence-corrected chi connectivity index (χ0v) is 14.3. The van der Waals surface area contributed by atoms with E-state index in [1.807, 2.05) is 0 Å². The van der Waals surface area contributed by atoms with Crippen LogP contribution in [0, 0.1) is 10.1 Å². The minimum atomic E-state index is -0.811. The number of benzene rings is 1. The molecule has 0 saturated carbocycles. The molecule has 1 N–H and O–H groups in total. The zero-order valence-electron chi connectivity index (χ0n) is 14.3. The maximum atomic E-state index is 12.4. The van der Waals surface area contributed by atoms with Crippen molar-refractivity contribution in [1.82, 2.24) is 14.9 Å². The van der Waals surface area contributed by atoms with E-state index in [-0.39, 0.29) is 12.1 Å². The van der Waals surface area contributed by atoms with Gasteiger partial charge in [0.05, 0.1) is 18.4 Å². The Balaban J connectivity index is 2.09. The number of nitro benzene ring substituents is 1. The molecule has 0 aliphatic rings. The fourth-order valence-corrected chi connectivity index (χ4v) is 2.26. The predicted molar refractivity (Wildman–Crippen MR) is 93.0 cm³/mol. The van der Waals surface area contributed by atoms with Crippen molar-refractivity contribution in [2.24, 2.45) is 0 Å². The van der Waals surface area contributed by atoms with Gasteiger partial charge in [-0.2, -0.15) is 0 Å². The summed E-state index contributed by atoms with van der Waals surface area (Å²) >= 11 is 0. The van der Waals surface area contributed by atoms with Gasteiger partial charge >= 0.3 is 5.97 Å². The Morgan fingerprint density at radius 2 is 2.08 bits per heavy atom. The minimum Gasteiger partial charge on any atom is -0.467 e. The maximum absolute atomic E-state index is 12.4. The number of ether oxygens (including phenoxy) is 1. The van der Waals surface area contributed by atoms with E-state index in [1.54, 1.807) is 6.20 Å².